The fraction of sp³-hybridized carbons (Fsp3) is 0.784. The van der Waals surface area contributed by atoms with Gasteiger partial charge in [-0.05, 0) is 106 Å². The molecule has 13 atom stereocenters. The molecule has 8 N–H and O–H groups in total. The van der Waals surface area contributed by atoms with Gasteiger partial charge in [0, 0.05) is 19.3 Å². The van der Waals surface area contributed by atoms with Crippen molar-refractivity contribution in [1.29, 1.82) is 0 Å². The number of carbonyl (C=O) groups is 2. The Bertz CT molecular complexity index is 1490. The van der Waals surface area contributed by atoms with Crippen LogP contribution in [-0.4, -0.2) is 113 Å². The predicted octanol–water partition coefficient (Wildman–Crippen LogP) is 1.30. The van der Waals surface area contributed by atoms with Crippen LogP contribution >= 0.6 is 0 Å². The van der Waals surface area contributed by atoms with Gasteiger partial charge in [-0.1, -0.05) is 13.8 Å². The van der Waals surface area contributed by atoms with Gasteiger partial charge in [-0.3, -0.25) is 9.59 Å². The molecule has 0 amide bonds. The van der Waals surface area contributed by atoms with Gasteiger partial charge in [-0.25, -0.2) is 0 Å². The number of phenols is 1. The zero-order valence-electron chi connectivity index (χ0n) is 30.3. The zero-order chi connectivity index (χ0) is 37.5. The van der Waals surface area contributed by atoms with Gasteiger partial charge in [0.2, 0.25) is 6.29 Å². The zero-order valence-corrected chi connectivity index (χ0v) is 30.3. The Morgan fingerprint density at radius 1 is 1.08 bits per heavy atom. The van der Waals surface area contributed by atoms with E-state index >= 15 is 0 Å². The van der Waals surface area contributed by atoms with Crippen LogP contribution in [0.15, 0.2) is 6.07 Å². The number of aliphatic hydroxyl groups is 7. The van der Waals surface area contributed by atoms with E-state index in [0.717, 1.165) is 5.56 Å². The summed E-state index contributed by atoms with van der Waals surface area (Å²) in [6.45, 7) is 13.1. The molecule has 0 bridgehead atoms. The van der Waals surface area contributed by atoms with Crippen LogP contribution in [0.25, 0.3) is 0 Å². The molecule has 13 unspecified atom stereocenters. The lowest BCUT2D eigenvalue weighted by atomic mass is 9.41. The van der Waals surface area contributed by atoms with Gasteiger partial charge in [0.25, 0.3) is 0 Å². The first kappa shape index (κ1) is 38.9. The maximum absolute atomic E-state index is 14.7. The first-order valence-electron chi connectivity index (χ1n) is 17.6. The number of ether oxygens (including phenoxy) is 3. The Kier molecular flexibility index (Phi) is 10.1. The van der Waals surface area contributed by atoms with Gasteiger partial charge in [0.15, 0.2) is 11.5 Å². The SMILES string of the molecule is CC(=O)OC(C)(C)CCC(O)C(C)(O)C1C(O)CC2(C)C3CCc4c(cc(OC5OC(CO)C(O)C(O)C5O)c(O)c4C)C3(C)C(=O)CC12C. The second-order valence-electron chi connectivity index (χ2n) is 16.8. The monoisotopic (exact) mass is 708 g/mol. The number of fused-ring (bicyclic) bond motifs is 5. The first-order chi connectivity index (χ1) is 23.0. The Balaban J connectivity index is 1.49. The van der Waals surface area contributed by atoms with Crippen molar-refractivity contribution in [2.45, 2.75) is 153 Å². The third-order valence-electron chi connectivity index (χ3n) is 13.3. The Labute approximate surface area is 293 Å². The number of hydrogen-bond donors (Lipinski definition) is 8. The molecule has 13 heteroatoms. The molecule has 2 saturated carbocycles. The minimum atomic E-state index is -1.80. The van der Waals surface area contributed by atoms with Gasteiger partial charge >= 0.3 is 5.97 Å². The van der Waals surface area contributed by atoms with Crippen LogP contribution in [0.5, 0.6) is 11.5 Å². The second kappa shape index (κ2) is 12.9. The maximum Gasteiger partial charge on any atom is 0.303 e. The standard InChI is InChI=1S/C37H56O13/c1-17-19-9-10-24-34(5)14-21(40)31(37(8,47)25(41)11-12-33(3,4)50-18(2)39)35(34,6)15-26(42)36(24,7)20(19)13-22(27(17)43)48-32-30(46)29(45)28(44)23(16-38)49-32/h13,21,23-25,28-32,38,40-41,43-47H,9-12,14-16H2,1-8H3. The summed E-state index contributed by atoms with van der Waals surface area (Å²) in [7, 11) is 0. The molecular formula is C37H56O13. The van der Waals surface area contributed by atoms with Crippen LogP contribution in [0.1, 0.15) is 97.3 Å². The summed E-state index contributed by atoms with van der Waals surface area (Å²) in [5.74, 6) is -2.12. The Hall–Kier alpha value is -2.36. The molecule has 0 aromatic heterocycles. The second-order valence-corrected chi connectivity index (χ2v) is 16.8. The fourth-order valence-electron chi connectivity index (χ4n) is 10.4. The molecular weight excluding hydrogens is 652 g/mol. The molecule has 1 heterocycles. The number of aromatic hydroxyl groups is 1. The number of phenolic OH excluding ortho intramolecular Hbond substituents is 1. The summed E-state index contributed by atoms with van der Waals surface area (Å²) in [4.78, 5) is 26.3. The van der Waals surface area contributed by atoms with E-state index in [1.807, 2.05) is 20.8 Å². The molecule has 0 radical (unpaired) electrons. The molecule has 1 aromatic carbocycles. The Morgan fingerprint density at radius 2 is 1.72 bits per heavy atom. The molecule has 1 saturated heterocycles. The molecule has 3 aliphatic carbocycles. The number of hydrogen-bond acceptors (Lipinski definition) is 13. The van der Waals surface area contributed by atoms with Crippen molar-refractivity contribution in [2.75, 3.05) is 6.61 Å². The molecule has 50 heavy (non-hydrogen) atoms. The van der Waals surface area contributed by atoms with Gasteiger partial charge in [0.05, 0.1) is 29.8 Å². The third-order valence-corrected chi connectivity index (χ3v) is 13.3. The van der Waals surface area contributed by atoms with Crippen molar-refractivity contribution in [1.82, 2.24) is 0 Å². The minimum absolute atomic E-state index is 0.0116. The van der Waals surface area contributed by atoms with Gasteiger partial charge < -0.3 is 55.1 Å². The van der Waals surface area contributed by atoms with E-state index in [9.17, 15) is 50.4 Å². The van der Waals surface area contributed by atoms with Crippen LogP contribution in [0, 0.1) is 29.6 Å². The molecule has 4 aliphatic rings. The molecule has 5 rings (SSSR count). The topological polar surface area (TPSA) is 224 Å². The van der Waals surface area contributed by atoms with Crippen molar-refractivity contribution in [3.8, 4) is 11.5 Å². The number of rotatable bonds is 9. The van der Waals surface area contributed by atoms with E-state index < -0.39 is 88.9 Å². The smallest absolute Gasteiger partial charge is 0.303 e. The van der Waals surface area contributed by atoms with Gasteiger partial charge in [-0.15, -0.1) is 0 Å². The average molecular weight is 709 g/mol. The van der Waals surface area contributed by atoms with E-state index in [4.69, 9.17) is 14.2 Å². The molecule has 13 nitrogen and oxygen atoms in total. The number of Topliss-reactive ketones (excluding diaryl/α,β-unsaturated/α-hetero) is 1. The number of carbonyl (C=O) groups excluding carboxylic acids is 2. The summed E-state index contributed by atoms with van der Waals surface area (Å²) < 4.78 is 16.8. The van der Waals surface area contributed by atoms with Crippen molar-refractivity contribution in [3.63, 3.8) is 0 Å². The van der Waals surface area contributed by atoms with Crippen LogP contribution in [0.3, 0.4) is 0 Å². The van der Waals surface area contributed by atoms with E-state index in [1.165, 1.54) is 13.8 Å². The molecule has 1 aromatic rings. The number of aliphatic hydroxyl groups excluding tert-OH is 6. The summed E-state index contributed by atoms with van der Waals surface area (Å²) >= 11 is 0. The number of benzene rings is 1. The van der Waals surface area contributed by atoms with Gasteiger partial charge in [-0.2, -0.15) is 0 Å². The summed E-state index contributed by atoms with van der Waals surface area (Å²) in [5.41, 5.74) is -3.55. The van der Waals surface area contributed by atoms with Crippen molar-refractivity contribution >= 4 is 11.8 Å². The molecule has 0 spiro atoms. The van der Waals surface area contributed by atoms with Crippen LogP contribution in [0.2, 0.25) is 0 Å². The average Bonchev–Trinajstić information content (AvgIpc) is 3.22. The molecule has 3 fully saturated rings. The minimum Gasteiger partial charge on any atom is -0.504 e. The largest absolute Gasteiger partial charge is 0.504 e. The molecule has 282 valence electrons. The lowest BCUT2D eigenvalue weighted by Gasteiger charge is -2.62. The summed E-state index contributed by atoms with van der Waals surface area (Å²) in [6, 6.07) is 1.56. The predicted molar refractivity (Wildman–Crippen MR) is 178 cm³/mol. The first-order valence-corrected chi connectivity index (χ1v) is 17.6. The fourth-order valence-corrected chi connectivity index (χ4v) is 10.4. The normalized spacial score (nSPS) is 40.3. The highest BCUT2D eigenvalue weighted by atomic mass is 16.7. The molecule has 1 aliphatic heterocycles. The van der Waals surface area contributed by atoms with Crippen molar-refractivity contribution in [2.24, 2.45) is 22.7 Å². The van der Waals surface area contributed by atoms with Crippen molar-refractivity contribution in [3.05, 3.63) is 22.8 Å². The van der Waals surface area contributed by atoms with Crippen LogP contribution in [-0.2, 0) is 30.9 Å². The van der Waals surface area contributed by atoms with E-state index in [-0.39, 0.29) is 48.9 Å². The quantitative estimate of drug-likeness (QED) is 0.170. The van der Waals surface area contributed by atoms with E-state index in [0.29, 0.717) is 24.0 Å². The maximum atomic E-state index is 14.7. The van der Waals surface area contributed by atoms with E-state index in [1.54, 1.807) is 26.8 Å². The lowest BCUT2D eigenvalue weighted by molar-refractivity contribution is -0.277. The highest BCUT2D eigenvalue weighted by Gasteiger charge is 2.73. The number of ketones is 1. The third kappa shape index (κ3) is 5.85. The lowest BCUT2D eigenvalue weighted by Crippen LogP contribution is -2.64. The highest BCUT2D eigenvalue weighted by molar-refractivity contribution is 5.93. The number of esters is 1. The van der Waals surface area contributed by atoms with Crippen LogP contribution < -0.4 is 4.74 Å². The Morgan fingerprint density at radius 3 is 2.32 bits per heavy atom. The summed E-state index contributed by atoms with van der Waals surface area (Å²) in [6.07, 6.45) is -8.45. The highest BCUT2D eigenvalue weighted by Crippen LogP contribution is 2.72. The van der Waals surface area contributed by atoms with Gasteiger partial charge in [0.1, 0.15) is 35.8 Å². The van der Waals surface area contributed by atoms with E-state index in [2.05, 4.69) is 0 Å². The summed E-state index contributed by atoms with van der Waals surface area (Å²) in [5, 5.41) is 87.3. The van der Waals surface area contributed by atoms with Crippen molar-refractivity contribution < 1.29 is 64.7 Å². The van der Waals surface area contributed by atoms with Crippen LogP contribution in [0.4, 0.5) is 0 Å².